The van der Waals surface area contributed by atoms with Gasteiger partial charge < -0.3 is 9.88 Å². The molecule has 0 spiro atoms. The van der Waals surface area contributed by atoms with E-state index in [1.54, 1.807) is 4.68 Å². The van der Waals surface area contributed by atoms with Crippen molar-refractivity contribution < 1.29 is 4.79 Å². The number of hydrogen-bond acceptors (Lipinski definition) is 4. The summed E-state index contributed by atoms with van der Waals surface area (Å²) in [5.41, 5.74) is 2.84. The second-order valence-corrected chi connectivity index (χ2v) is 8.83. The van der Waals surface area contributed by atoms with Gasteiger partial charge in [0.2, 0.25) is 0 Å². The van der Waals surface area contributed by atoms with Crippen LogP contribution in [0.2, 0.25) is 0 Å². The van der Waals surface area contributed by atoms with Crippen LogP contribution in [-0.2, 0) is 13.6 Å². The zero-order valence-electron chi connectivity index (χ0n) is 17.8. The maximum Gasteiger partial charge on any atom is 0.271 e. The first-order chi connectivity index (χ1) is 14.1. The van der Waals surface area contributed by atoms with Gasteiger partial charge >= 0.3 is 0 Å². The van der Waals surface area contributed by atoms with Crippen molar-refractivity contribution in [2.45, 2.75) is 64.5 Å². The number of rotatable bonds is 6. The van der Waals surface area contributed by atoms with Gasteiger partial charge in [-0.25, -0.2) is 4.98 Å². The van der Waals surface area contributed by atoms with Crippen molar-refractivity contribution in [1.29, 1.82) is 0 Å². The molecular weight excluding hydrogens is 364 g/mol. The van der Waals surface area contributed by atoms with E-state index < -0.39 is 0 Å². The number of aryl methyl sites for hydroxylation is 2. The second-order valence-electron chi connectivity index (χ2n) is 8.83. The molecule has 1 atom stereocenters. The normalized spacial score (nSPS) is 21.4. The number of nitrogens with zero attached hydrogens (tertiary/aromatic N) is 5. The maximum absolute atomic E-state index is 12.4. The summed E-state index contributed by atoms with van der Waals surface area (Å²) in [5.74, 6) is 0.421. The van der Waals surface area contributed by atoms with Crippen molar-refractivity contribution in [3.05, 3.63) is 35.7 Å². The highest BCUT2D eigenvalue weighted by Crippen LogP contribution is 2.29. The van der Waals surface area contributed by atoms with E-state index in [1.165, 1.54) is 50.6 Å². The van der Waals surface area contributed by atoms with Gasteiger partial charge in [-0.3, -0.25) is 14.4 Å². The van der Waals surface area contributed by atoms with Crippen LogP contribution in [0.5, 0.6) is 0 Å². The van der Waals surface area contributed by atoms with Crippen LogP contribution >= 0.6 is 0 Å². The van der Waals surface area contributed by atoms with Gasteiger partial charge in [0.25, 0.3) is 5.91 Å². The summed E-state index contributed by atoms with van der Waals surface area (Å²) < 4.78 is 4.17. The molecule has 1 saturated carbocycles. The Bertz CT molecular complexity index is 800. The first kappa shape index (κ1) is 20.1. The molecule has 0 radical (unpaired) electrons. The second kappa shape index (κ2) is 9.11. The highest BCUT2D eigenvalue weighted by molar-refractivity contribution is 5.92. The molecule has 1 unspecified atom stereocenters. The summed E-state index contributed by atoms with van der Waals surface area (Å²) in [7, 11) is 1.86. The molecule has 2 aromatic rings. The van der Waals surface area contributed by atoms with Crippen LogP contribution in [0.4, 0.5) is 0 Å². The fourth-order valence-corrected chi connectivity index (χ4v) is 4.83. The van der Waals surface area contributed by atoms with E-state index in [0.717, 1.165) is 25.3 Å². The zero-order chi connectivity index (χ0) is 20.2. The molecule has 2 aliphatic rings. The summed E-state index contributed by atoms with van der Waals surface area (Å²) in [4.78, 5) is 19.4. The molecular formula is C22H34N6O. The lowest BCUT2D eigenvalue weighted by atomic mass is 9.95. The third-order valence-corrected chi connectivity index (χ3v) is 6.60. The quantitative estimate of drug-likeness (QED) is 0.812. The van der Waals surface area contributed by atoms with Crippen molar-refractivity contribution in [2.75, 3.05) is 19.6 Å². The Kier molecular flexibility index (Phi) is 6.33. The van der Waals surface area contributed by atoms with Crippen molar-refractivity contribution >= 4 is 5.91 Å². The first-order valence-electron chi connectivity index (χ1n) is 11.1. The molecule has 1 aliphatic carbocycles. The molecule has 2 fully saturated rings. The lowest BCUT2D eigenvalue weighted by Crippen LogP contribution is -2.41. The standard InChI is InChI=1S/C22H34N6O/c1-17-11-21(25-26(17)2)22(29)24-12-18-7-6-10-27(14-18)15-20-13-23-16-28(20)19-8-4-3-5-9-19/h11,13,16,18-19H,3-10,12,14-15H2,1-2H3,(H,24,29). The number of carbonyl (C=O) groups is 1. The molecule has 7 heteroatoms. The molecule has 1 amide bonds. The Morgan fingerprint density at radius 2 is 2.03 bits per heavy atom. The summed E-state index contributed by atoms with van der Waals surface area (Å²) in [6.45, 7) is 5.78. The average molecular weight is 399 g/mol. The van der Waals surface area contributed by atoms with E-state index in [-0.39, 0.29) is 5.91 Å². The number of imidazole rings is 1. The monoisotopic (exact) mass is 398 g/mol. The van der Waals surface area contributed by atoms with Crippen LogP contribution in [0.1, 0.15) is 72.9 Å². The molecule has 1 saturated heterocycles. The molecule has 7 nitrogen and oxygen atoms in total. The molecule has 0 bridgehead atoms. The summed E-state index contributed by atoms with van der Waals surface area (Å²) in [6.07, 6.45) is 13.0. The topological polar surface area (TPSA) is 68.0 Å². The number of aromatic nitrogens is 4. The van der Waals surface area contributed by atoms with E-state index in [2.05, 4.69) is 24.9 Å². The molecule has 3 heterocycles. The molecule has 29 heavy (non-hydrogen) atoms. The molecule has 1 N–H and O–H groups in total. The molecule has 158 valence electrons. The Balaban J connectivity index is 1.30. The third kappa shape index (κ3) is 4.89. The van der Waals surface area contributed by atoms with E-state index in [1.807, 2.05) is 32.6 Å². The zero-order valence-corrected chi connectivity index (χ0v) is 17.8. The van der Waals surface area contributed by atoms with Gasteiger partial charge in [-0.2, -0.15) is 5.10 Å². The number of hydrogen-bond donors (Lipinski definition) is 1. The van der Waals surface area contributed by atoms with Crippen molar-refractivity contribution in [3.63, 3.8) is 0 Å². The molecule has 2 aromatic heterocycles. The van der Waals surface area contributed by atoms with Gasteiger partial charge in [-0.05, 0) is 51.1 Å². The van der Waals surface area contributed by atoms with Crippen LogP contribution in [-0.4, -0.2) is 49.8 Å². The maximum atomic E-state index is 12.4. The van der Waals surface area contributed by atoms with E-state index >= 15 is 0 Å². The first-order valence-corrected chi connectivity index (χ1v) is 11.1. The minimum atomic E-state index is -0.0683. The number of piperidine rings is 1. The van der Waals surface area contributed by atoms with Crippen molar-refractivity contribution in [3.8, 4) is 0 Å². The molecule has 1 aliphatic heterocycles. The minimum Gasteiger partial charge on any atom is -0.350 e. The van der Waals surface area contributed by atoms with Gasteiger partial charge in [0.05, 0.1) is 12.0 Å². The summed E-state index contributed by atoms with van der Waals surface area (Å²) in [6, 6.07) is 2.47. The van der Waals surface area contributed by atoms with Crippen LogP contribution < -0.4 is 5.32 Å². The van der Waals surface area contributed by atoms with Crippen molar-refractivity contribution in [2.24, 2.45) is 13.0 Å². The minimum absolute atomic E-state index is 0.0683. The average Bonchev–Trinajstić information content (AvgIpc) is 3.33. The Hall–Kier alpha value is -2.15. The predicted octanol–water partition coefficient (Wildman–Crippen LogP) is 3.07. The van der Waals surface area contributed by atoms with Gasteiger partial charge in [0.15, 0.2) is 0 Å². The Labute approximate surface area is 173 Å². The smallest absolute Gasteiger partial charge is 0.271 e. The number of likely N-dealkylation sites (tertiary alicyclic amines) is 1. The van der Waals surface area contributed by atoms with Gasteiger partial charge in [-0.1, -0.05) is 19.3 Å². The third-order valence-electron chi connectivity index (χ3n) is 6.60. The fourth-order valence-electron chi connectivity index (χ4n) is 4.83. The summed E-state index contributed by atoms with van der Waals surface area (Å²) in [5, 5.41) is 7.37. The fraction of sp³-hybridized carbons (Fsp3) is 0.682. The largest absolute Gasteiger partial charge is 0.350 e. The Morgan fingerprint density at radius 1 is 1.21 bits per heavy atom. The molecule has 4 rings (SSSR count). The van der Waals surface area contributed by atoms with E-state index in [4.69, 9.17) is 0 Å². The number of nitrogens with one attached hydrogen (secondary N) is 1. The molecule has 0 aromatic carbocycles. The lowest BCUT2D eigenvalue weighted by molar-refractivity contribution is 0.0924. The van der Waals surface area contributed by atoms with Crippen LogP contribution in [0, 0.1) is 12.8 Å². The van der Waals surface area contributed by atoms with Gasteiger partial charge in [-0.15, -0.1) is 0 Å². The van der Waals surface area contributed by atoms with E-state index in [9.17, 15) is 4.79 Å². The van der Waals surface area contributed by atoms with Crippen LogP contribution in [0.15, 0.2) is 18.6 Å². The Morgan fingerprint density at radius 3 is 2.79 bits per heavy atom. The van der Waals surface area contributed by atoms with Gasteiger partial charge in [0.1, 0.15) is 5.69 Å². The SMILES string of the molecule is Cc1cc(C(=O)NCC2CCCN(Cc3cncn3C3CCCCC3)C2)nn1C. The van der Waals surface area contributed by atoms with Crippen LogP contribution in [0.3, 0.4) is 0 Å². The number of amides is 1. The number of carbonyl (C=O) groups excluding carboxylic acids is 1. The highest BCUT2D eigenvalue weighted by atomic mass is 16.1. The summed E-state index contributed by atoms with van der Waals surface area (Å²) >= 11 is 0. The lowest BCUT2D eigenvalue weighted by Gasteiger charge is -2.33. The van der Waals surface area contributed by atoms with E-state index in [0.29, 0.717) is 24.2 Å². The van der Waals surface area contributed by atoms with Gasteiger partial charge in [0, 0.05) is 44.6 Å². The van der Waals surface area contributed by atoms with Crippen molar-refractivity contribution in [1.82, 2.24) is 29.5 Å². The predicted molar refractivity (Wildman–Crippen MR) is 113 cm³/mol. The van der Waals surface area contributed by atoms with Crippen LogP contribution in [0.25, 0.3) is 0 Å². The highest BCUT2D eigenvalue weighted by Gasteiger charge is 2.24.